The van der Waals surface area contributed by atoms with Crippen LogP contribution in [0.3, 0.4) is 0 Å². The van der Waals surface area contributed by atoms with Gasteiger partial charge >= 0.3 is 5.97 Å². The fourth-order valence-electron chi connectivity index (χ4n) is 2.84. The third-order valence-corrected chi connectivity index (χ3v) is 3.90. The van der Waals surface area contributed by atoms with Crippen molar-refractivity contribution in [2.75, 3.05) is 7.11 Å². The van der Waals surface area contributed by atoms with Gasteiger partial charge in [-0.25, -0.2) is 0 Å². The molecule has 1 atom stereocenters. The van der Waals surface area contributed by atoms with Crippen molar-refractivity contribution in [3.63, 3.8) is 0 Å². The molecule has 0 spiro atoms. The first-order chi connectivity index (χ1) is 10.1. The van der Waals surface area contributed by atoms with E-state index in [0.29, 0.717) is 12.2 Å². The molecule has 2 aromatic rings. The van der Waals surface area contributed by atoms with Gasteiger partial charge in [0.25, 0.3) is 0 Å². The summed E-state index contributed by atoms with van der Waals surface area (Å²) in [6.45, 7) is 4.02. The number of hydrogen-bond acceptors (Lipinski definition) is 3. The third kappa shape index (κ3) is 2.51. The summed E-state index contributed by atoms with van der Waals surface area (Å²) < 4.78 is 10.9. The van der Waals surface area contributed by atoms with Crippen LogP contribution in [-0.2, 0) is 4.79 Å². The van der Waals surface area contributed by atoms with Crippen LogP contribution in [0.1, 0.15) is 34.6 Å². The van der Waals surface area contributed by atoms with E-state index in [9.17, 15) is 4.79 Å². The number of benzene rings is 2. The average Bonchev–Trinajstić information content (AvgIpc) is 2.45. The Morgan fingerprint density at radius 2 is 1.71 bits per heavy atom. The molecule has 1 unspecified atom stereocenters. The number of carbonyl (C=O) groups excluding carboxylic acids is 1. The zero-order chi connectivity index (χ0) is 15.0. The maximum Gasteiger partial charge on any atom is 0.312 e. The smallest absolute Gasteiger partial charge is 0.312 e. The Balaban J connectivity index is 2.13. The van der Waals surface area contributed by atoms with Crippen molar-refractivity contribution in [2.45, 2.75) is 26.2 Å². The number of rotatable bonds is 2. The highest BCUT2D eigenvalue weighted by atomic mass is 16.5. The fourth-order valence-corrected chi connectivity index (χ4v) is 2.84. The van der Waals surface area contributed by atoms with Crippen molar-refractivity contribution in [3.05, 3.63) is 58.7 Å². The summed E-state index contributed by atoms with van der Waals surface area (Å²) in [5, 5.41) is 0. The molecule has 0 bridgehead atoms. The molecule has 1 heterocycles. The van der Waals surface area contributed by atoms with E-state index in [1.807, 2.05) is 50.2 Å². The van der Waals surface area contributed by atoms with E-state index < -0.39 is 0 Å². The normalized spacial score (nSPS) is 17.1. The molecule has 1 aliphatic rings. The predicted octanol–water partition coefficient (Wildman–Crippen LogP) is 3.75. The summed E-state index contributed by atoms with van der Waals surface area (Å²) in [5.41, 5.74) is 4.29. The van der Waals surface area contributed by atoms with E-state index in [2.05, 4.69) is 0 Å². The fraction of sp³-hybridized carbons (Fsp3) is 0.278. The lowest BCUT2D eigenvalue weighted by Crippen LogP contribution is -2.21. The Labute approximate surface area is 124 Å². The number of hydrogen-bond donors (Lipinski definition) is 0. The number of aryl methyl sites for hydroxylation is 2. The first kappa shape index (κ1) is 13.7. The Kier molecular flexibility index (Phi) is 3.42. The molecule has 0 amide bonds. The van der Waals surface area contributed by atoms with Gasteiger partial charge in [0.05, 0.1) is 13.5 Å². The van der Waals surface area contributed by atoms with Crippen molar-refractivity contribution in [3.8, 4) is 11.5 Å². The van der Waals surface area contributed by atoms with Crippen LogP contribution >= 0.6 is 0 Å². The average molecular weight is 282 g/mol. The van der Waals surface area contributed by atoms with E-state index in [1.165, 1.54) is 0 Å². The first-order valence-corrected chi connectivity index (χ1v) is 7.04. The molecular weight excluding hydrogens is 264 g/mol. The van der Waals surface area contributed by atoms with E-state index >= 15 is 0 Å². The van der Waals surface area contributed by atoms with Crippen molar-refractivity contribution in [1.29, 1.82) is 0 Å². The maximum absolute atomic E-state index is 11.9. The Bertz CT molecular complexity index is 704. The van der Waals surface area contributed by atoms with Gasteiger partial charge < -0.3 is 9.47 Å². The Hall–Kier alpha value is -2.29. The van der Waals surface area contributed by atoms with Crippen molar-refractivity contribution < 1.29 is 14.3 Å². The second-order valence-electron chi connectivity index (χ2n) is 5.52. The lowest BCUT2D eigenvalue weighted by molar-refractivity contribution is -0.135. The summed E-state index contributed by atoms with van der Waals surface area (Å²) in [5.74, 6) is 1.28. The molecule has 108 valence electrons. The van der Waals surface area contributed by atoms with Gasteiger partial charge in [-0.05, 0) is 37.1 Å². The van der Waals surface area contributed by atoms with Crippen LogP contribution in [0.5, 0.6) is 11.5 Å². The minimum atomic E-state index is -0.194. The highest BCUT2D eigenvalue weighted by molar-refractivity contribution is 5.78. The van der Waals surface area contributed by atoms with Crippen LogP contribution < -0.4 is 9.47 Å². The van der Waals surface area contributed by atoms with E-state index in [4.69, 9.17) is 9.47 Å². The number of methoxy groups -OCH3 is 1. The van der Waals surface area contributed by atoms with Crippen LogP contribution in [-0.4, -0.2) is 13.1 Å². The van der Waals surface area contributed by atoms with Gasteiger partial charge in [-0.2, -0.15) is 0 Å². The summed E-state index contributed by atoms with van der Waals surface area (Å²) in [7, 11) is 1.66. The maximum atomic E-state index is 11.9. The van der Waals surface area contributed by atoms with Crippen LogP contribution in [0.2, 0.25) is 0 Å². The predicted molar refractivity (Wildman–Crippen MR) is 81.0 cm³/mol. The highest BCUT2D eigenvalue weighted by Gasteiger charge is 2.30. The molecule has 3 nitrogen and oxygen atoms in total. The minimum absolute atomic E-state index is 0.0163. The molecule has 0 saturated heterocycles. The summed E-state index contributed by atoms with van der Waals surface area (Å²) >= 11 is 0. The van der Waals surface area contributed by atoms with Crippen LogP contribution in [0.25, 0.3) is 0 Å². The molecule has 0 aliphatic carbocycles. The highest BCUT2D eigenvalue weighted by Crippen LogP contribution is 2.42. The molecule has 21 heavy (non-hydrogen) atoms. The number of fused-ring (bicyclic) bond motifs is 1. The van der Waals surface area contributed by atoms with Crippen molar-refractivity contribution in [2.24, 2.45) is 0 Å². The molecule has 0 radical (unpaired) electrons. The summed E-state index contributed by atoms with van der Waals surface area (Å²) in [6.07, 6.45) is 0.343. The van der Waals surface area contributed by atoms with Crippen molar-refractivity contribution >= 4 is 5.97 Å². The second-order valence-corrected chi connectivity index (χ2v) is 5.52. The molecule has 3 heteroatoms. The van der Waals surface area contributed by atoms with Gasteiger partial charge in [0.15, 0.2) is 0 Å². The lowest BCUT2D eigenvalue weighted by atomic mass is 9.85. The quantitative estimate of drug-likeness (QED) is 0.621. The molecule has 0 N–H and O–H groups in total. The molecule has 3 rings (SSSR count). The van der Waals surface area contributed by atoms with Gasteiger partial charge in [0.2, 0.25) is 0 Å². The second kappa shape index (κ2) is 5.24. The molecule has 1 aliphatic heterocycles. The van der Waals surface area contributed by atoms with E-state index in [-0.39, 0.29) is 11.9 Å². The van der Waals surface area contributed by atoms with Gasteiger partial charge in [-0.3, -0.25) is 4.79 Å². The summed E-state index contributed by atoms with van der Waals surface area (Å²) in [4.78, 5) is 11.9. The minimum Gasteiger partial charge on any atom is -0.496 e. The molecule has 2 aromatic carbocycles. The van der Waals surface area contributed by atoms with E-state index in [1.54, 1.807) is 7.11 Å². The molecule has 0 saturated carbocycles. The Morgan fingerprint density at radius 1 is 1.05 bits per heavy atom. The van der Waals surface area contributed by atoms with Gasteiger partial charge in [0, 0.05) is 17.0 Å². The van der Waals surface area contributed by atoms with Crippen LogP contribution in [0, 0.1) is 13.8 Å². The molecule has 0 aromatic heterocycles. The first-order valence-electron chi connectivity index (χ1n) is 7.04. The van der Waals surface area contributed by atoms with Gasteiger partial charge in [0.1, 0.15) is 11.5 Å². The van der Waals surface area contributed by atoms with Crippen molar-refractivity contribution in [1.82, 2.24) is 0 Å². The third-order valence-electron chi connectivity index (χ3n) is 3.90. The SMILES string of the molecule is COc1cc(C)ccc1C1CC(=O)Oc2cc(C)ccc21. The molecule has 0 fully saturated rings. The van der Waals surface area contributed by atoms with E-state index in [0.717, 1.165) is 28.0 Å². The lowest BCUT2D eigenvalue weighted by Gasteiger charge is -2.26. The number of ether oxygens (including phenoxy) is 2. The number of carbonyl (C=O) groups is 1. The standard InChI is InChI=1S/C18H18O3/c1-11-4-6-13(16(8-11)20-3)15-10-18(19)21-17-9-12(2)5-7-14(15)17/h4-9,15H,10H2,1-3H3. The van der Waals surface area contributed by atoms with Gasteiger partial charge in [-0.1, -0.05) is 24.3 Å². The monoisotopic (exact) mass is 282 g/mol. The van der Waals surface area contributed by atoms with Gasteiger partial charge in [-0.15, -0.1) is 0 Å². The zero-order valence-electron chi connectivity index (χ0n) is 12.5. The molecular formula is C18H18O3. The number of esters is 1. The summed E-state index contributed by atoms with van der Waals surface area (Å²) in [6, 6.07) is 12.1. The van der Waals surface area contributed by atoms with Crippen LogP contribution in [0.15, 0.2) is 36.4 Å². The van der Waals surface area contributed by atoms with Crippen LogP contribution in [0.4, 0.5) is 0 Å². The largest absolute Gasteiger partial charge is 0.496 e. The zero-order valence-corrected chi connectivity index (χ0v) is 12.5. The topological polar surface area (TPSA) is 35.5 Å². The Morgan fingerprint density at radius 3 is 2.43 bits per heavy atom.